The number of rotatable bonds is 11. The van der Waals surface area contributed by atoms with E-state index in [2.05, 4.69) is 11.6 Å². The average molecular weight is 565 g/mol. The second-order valence-electron chi connectivity index (χ2n) is 8.66. The van der Waals surface area contributed by atoms with E-state index in [1.54, 1.807) is 64.5 Å². The molecule has 2 heterocycles. The minimum atomic E-state index is -0.782. The van der Waals surface area contributed by atoms with E-state index in [4.69, 9.17) is 23.7 Å². The zero-order valence-electron chi connectivity index (χ0n) is 23.2. The largest absolute Gasteiger partial charge is 0.493 e. The number of methoxy groups -OCH3 is 2. The van der Waals surface area contributed by atoms with Crippen molar-refractivity contribution in [1.29, 1.82) is 0 Å². The van der Waals surface area contributed by atoms with Crippen LogP contribution in [0.25, 0.3) is 6.08 Å². The standard InChI is InChI=1S/C30H32N2O7S/c1-7-14-39-22-13-11-20(17-24(22)37-8-2)27-26(29(34)38-9-3)18(4)31-30-32(27)28(33)25(40-30)16-19-10-12-21(35-5)23(15-19)36-6/h7,10-13,15-17,27H,1,8-9,14H2,2-6H3. The van der Waals surface area contributed by atoms with Crippen molar-refractivity contribution in [2.45, 2.75) is 26.8 Å². The summed E-state index contributed by atoms with van der Waals surface area (Å²) in [5, 5.41) is 0. The fourth-order valence-electron chi connectivity index (χ4n) is 4.43. The number of hydrogen-bond donors (Lipinski definition) is 0. The number of esters is 1. The van der Waals surface area contributed by atoms with Gasteiger partial charge in [-0.05, 0) is 62.2 Å². The summed E-state index contributed by atoms with van der Waals surface area (Å²) in [5.74, 6) is 1.62. The third-order valence-corrected chi connectivity index (χ3v) is 7.15. The number of carbonyl (C=O) groups is 1. The number of carbonyl (C=O) groups excluding carboxylic acids is 1. The Morgan fingerprint density at radius 3 is 2.45 bits per heavy atom. The summed E-state index contributed by atoms with van der Waals surface area (Å²) in [6.45, 7) is 9.94. The predicted molar refractivity (Wildman–Crippen MR) is 153 cm³/mol. The molecular weight excluding hydrogens is 532 g/mol. The highest BCUT2D eigenvalue weighted by Crippen LogP contribution is 2.36. The summed E-state index contributed by atoms with van der Waals surface area (Å²) in [5.41, 5.74) is 1.89. The first-order valence-electron chi connectivity index (χ1n) is 12.8. The van der Waals surface area contributed by atoms with E-state index in [1.807, 2.05) is 19.1 Å². The van der Waals surface area contributed by atoms with Gasteiger partial charge >= 0.3 is 5.97 Å². The number of fused-ring (bicyclic) bond motifs is 1. The fraction of sp³-hybridized carbons (Fsp3) is 0.300. The summed E-state index contributed by atoms with van der Waals surface area (Å²) < 4.78 is 29.7. The molecule has 0 amide bonds. The maximum Gasteiger partial charge on any atom is 0.338 e. The molecule has 4 rings (SSSR count). The van der Waals surface area contributed by atoms with Gasteiger partial charge in [0.2, 0.25) is 0 Å². The Morgan fingerprint density at radius 2 is 1.77 bits per heavy atom. The Balaban J connectivity index is 1.92. The predicted octanol–water partition coefficient (Wildman–Crippen LogP) is 3.78. The molecule has 9 nitrogen and oxygen atoms in total. The molecule has 1 atom stereocenters. The molecule has 0 saturated heterocycles. The lowest BCUT2D eigenvalue weighted by Gasteiger charge is -2.25. The SMILES string of the molecule is C=CCOc1ccc(C2C(C(=O)OCC)=C(C)N=c3sc(=Cc4ccc(OC)c(OC)c4)c(=O)n32)cc1OCC. The van der Waals surface area contributed by atoms with Crippen molar-refractivity contribution >= 4 is 23.4 Å². The summed E-state index contributed by atoms with van der Waals surface area (Å²) in [7, 11) is 3.12. The number of hydrogen-bond acceptors (Lipinski definition) is 9. The summed E-state index contributed by atoms with van der Waals surface area (Å²) in [6, 6.07) is 9.99. The topological polar surface area (TPSA) is 97.6 Å². The van der Waals surface area contributed by atoms with Crippen LogP contribution in [-0.2, 0) is 9.53 Å². The zero-order chi connectivity index (χ0) is 28.8. The molecular formula is C30H32N2O7S. The molecule has 40 heavy (non-hydrogen) atoms. The minimum Gasteiger partial charge on any atom is -0.493 e. The molecule has 0 radical (unpaired) electrons. The van der Waals surface area contributed by atoms with Crippen LogP contribution < -0.4 is 33.8 Å². The third kappa shape index (κ3) is 5.67. The zero-order valence-corrected chi connectivity index (χ0v) is 24.0. The molecule has 1 aromatic heterocycles. The highest BCUT2D eigenvalue weighted by Gasteiger charge is 2.34. The second kappa shape index (κ2) is 12.7. The molecule has 0 saturated carbocycles. The number of allylic oxidation sites excluding steroid dienone is 1. The molecule has 2 aromatic carbocycles. The smallest absolute Gasteiger partial charge is 0.338 e. The Hall–Kier alpha value is -4.31. The minimum absolute atomic E-state index is 0.185. The summed E-state index contributed by atoms with van der Waals surface area (Å²) in [6.07, 6.45) is 3.41. The van der Waals surface area contributed by atoms with Crippen molar-refractivity contribution in [2.75, 3.05) is 34.0 Å². The van der Waals surface area contributed by atoms with E-state index >= 15 is 0 Å². The number of nitrogens with zero attached hydrogens (tertiary/aromatic N) is 2. The lowest BCUT2D eigenvalue weighted by Crippen LogP contribution is -2.40. The van der Waals surface area contributed by atoms with E-state index in [0.717, 1.165) is 5.56 Å². The third-order valence-electron chi connectivity index (χ3n) is 6.16. The van der Waals surface area contributed by atoms with Crippen molar-refractivity contribution in [3.63, 3.8) is 0 Å². The first-order chi connectivity index (χ1) is 19.4. The number of thiazole rings is 1. The normalized spacial score (nSPS) is 14.7. The van der Waals surface area contributed by atoms with Crippen LogP contribution in [0.5, 0.6) is 23.0 Å². The molecule has 0 aliphatic carbocycles. The molecule has 1 aliphatic rings. The van der Waals surface area contributed by atoms with Gasteiger partial charge in [0.15, 0.2) is 27.8 Å². The van der Waals surface area contributed by atoms with E-state index < -0.39 is 12.0 Å². The van der Waals surface area contributed by atoms with Gasteiger partial charge in [-0.2, -0.15) is 0 Å². The lowest BCUT2D eigenvalue weighted by molar-refractivity contribution is -0.139. The van der Waals surface area contributed by atoms with Gasteiger partial charge in [-0.25, -0.2) is 9.79 Å². The Labute approximate surface area is 236 Å². The maximum atomic E-state index is 13.9. The number of ether oxygens (including phenoxy) is 5. The first-order valence-corrected chi connectivity index (χ1v) is 13.6. The van der Waals surface area contributed by atoms with Crippen LogP contribution >= 0.6 is 11.3 Å². The monoisotopic (exact) mass is 564 g/mol. The van der Waals surface area contributed by atoms with Gasteiger partial charge in [0.25, 0.3) is 5.56 Å². The van der Waals surface area contributed by atoms with Crippen LogP contribution in [0.15, 0.2) is 70.1 Å². The molecule has 10 heteroatoms. The number of aromatic nitrogens is 1. The van der Waals surface area contributed by atoms with E-state index in [9.17, 15) is 9.59 Å². The van der Waals surface area contributed by atoms with Crippen LogP contribution in [0.2, 0.25) is 0 Å². The van der Waals surface area contributed by atoms with Crippen molar-refractivity contribution in [3.8, 4) is 23.0 Å². The fourth-order valence-corrected chi connectivity index (χ4v) is 5.48. The van der Waals surface area contributed by atoms with Crippen molar-refractivity contribution < 1.29 is 28.5 Å². The molecule has 0 bridgehead atoms. The van der Waals surface area contributed by atoms with Gasteiger partial charge in [0.1, 0.15) is 6.61 Å². The lowest BCUT2D eigenvalue weighted by atomic mass is 9.95. The van der Waals surface area contributed by atoms with Gasteiger partial charge in [-0.15, -0.1) is 0 Å². The molecule has 0 fully saturated rings. The van der Waals surface area contributed by atoms with Crippen LogP contribution in [0.3, 0.4) is 0 Å². The van der Waals surface area contributed by atoms with Crippen LogP contribution in [0.1, 0.15) is 37.9 Å². The van der Waals surface area contributed by atoms with Crippen LogP contribution in [0.4, 0.5) is 0 Å². The van der Waals surface area contributed by atoms with E-state index in [0.29, 0.717) is 56.8 Å². The van der Waals surface area contributed by atoms with Crippen molar-refractivity contribution in [1.82, 2.24) is 4.57 Å². The molecule has 3 aromatic rings. The maximum absolute atomic E-state index is 13.9. The van der Waals surface area contributed by atoms with Gasteiger partial charge in [-0.1, -0.05) is 36.1 Å². The first kappa shape index (κ1) is 28.7. The highest BCUT2D eigenvalue weighted by atomic mass is 32.1. The molecule has 1 aliphatic heterocycles. The van der Waals surface area contributed by atoms with Crippen molar-refractivity contribution in [2.24, 2.45) is 4.99 Å². The van der Waals surface area contributed by atoms with Crippen LogP contribution in [0, 0.1) is 0 Å². The van der Waals surface area contributed by atoms with Gasteiger partial charge in [-0.3, -0.25) is 9.36 Å². The second-order valence-corrected chi connectivity index (χ2v) is 9.66. The van der Waals surface area contributed by atoms with Crippen molar-refractivity contribution in [3.05, 3.63) is 91.1 Å². The highest BCUT2D eigenvalue weighted by molar-refractivity contribution is 7.07. The summed E-state index contributed by atoms with van der Waals surface area (Å²) >= 11 is 1.24. The molecule has 0 N–H and O–H groups in total. The summed E-state index contributed by atoms with van der Waals surface area (Å²) in [4.78, 5) is 32.2. The molecule has 0 spiro atoms. The van der Waals surface area contributed by atoms with Gasteiger partial charge in [0.05, 0.1) is 49.3 Å². The Morgan fingerprint density at radius 1 is 1.02 bits per heavy atom. The Kier molecular flexibility index (Phi) is 9.11. The molecule has 1 unspecified atom stereocenters. The van der Waals surface area contributed by atoms with E-state index in [-0.39, 0.29) is 17.7 Å². The van der Waals surface area contributed by atoms with Crippen LogP contribution in [-0.4, -0.2) is 44.6 Å². The molecule has 210 valence electrons. The quantitative estimate of drug-likeness (QED) is 0.258. The number of benzene rings is 2. The van der Waals surface area contributed by atoms with E-state index in [1.165, 1.54) is 15.9 Å². The van der Waals surface area contributed by atoms with Gasteiger partial charge < -0.3 is 23.7 Å². The van der Waals surface area contributed by atoms with Gasteiger partial charge in [0, 0.05) is 0 Å². The average Bonchev–Trinajstić information content (AvgIpc) is 3.25. The Bertz CT molecular complexity index is 1630.